The molecule has 1 aliphatic rings. The predicted octanol–water partition coefficient (Wildman–Crippen LogP) is 3.70. The SMILES string of the molecule is CC(C)(C)c1ccccc1NC(=O)C1Cc2ccccc2C(=O)O1. The van der Waals surface area contributed by atoms with Gasteiger partial charge in [0.25, 0.3) is 5.91 Å². The lowest BCUT2D eigenvalue weighted by molar-refractivity contribution is -0.125. The van der Waals surface area contributed by atoms with Crippen LogP contribution < -0.4 is 5.32 Å². The first-order valence-electron chi connectivity index (χ1n) is 8.05. The Hall–Kier alpha value is -2.62. The lowest BCUT2D eigenvalue weighted by Gasteiger charge is -2.26. The summed E-state index contributed by atoms with van der Waals surface area (Å²) >= 11 is 0. The number of carbonyl (C=O) groups is 2. The third-order valence-corrected chi connectivity index (χ3v) is 4.18. The van der Waals surface area contributed by atoms with Crippen LogP contribution in [-0.4, -0.2) is 18.0 Å². The van der Waals surface area contributed by atoms with E-state index in [9.17, 15) is 9.59 Å². The lowest BCUT2D eigenvalue weighted by Crippen LogP contribution is -2.38. The topological polar surface area (TPSA) is 55.4 Å². The number of esters is 1. The number of para-hydroxylation sites is 1. The molecule has 2 aromatic carbocycles. The van der Waals surface area contributed by atoms with E-state index in [0.29, 0.717) is 12.0 Å². The summed E-state index contributed by atoms with van der Waals surface area (Å²) in [5, 5.41) is 2.92. The van der Waals surface area contributed by atoms with Gasteiger partial charge in [0.05, 0.1) is 5.56 Å². The van der Waals surface area contributed by atoms with Crippen molar-refractivity contribution in [1.29, 1.82) is 0 Å². The summed E-state index contributed by atoms with van der Waals surface area (Å²) in [7, 11) is 0. The van der Waals surface area contributed by atoms with Crippen LogP contribution in [0.3, 0.4) is 0 Å². The molecule has 0 fully saturated rings. The molecule has 1 aliphatic heterocycles. The van der Waals surface area contributed by atoms with E-state index in [4.69, 9.17) is 4.74 Å². The number of hydrogen-bond donors (Lipinski definition) is 1. The van der Waals surface area contributed by atoms with Crippen molar-refractivity contribution >= 4 is 17.6 Å². The second-order valence-corrected chi connectivity index (χ2v) is 7.04. The molecular formula is C20H21NO3. The fourth-order valence-corrected chi connectivity index (χ4v) is 2.94. The highest BCUT2D eigenvalue weighted by atomic mass is 16.5. The molecule has 0 spiro atoms. The minimum atomic E-state index is -0.805. The third kappa shape index (κ3) is 3.18. The number of carbonyl (C=O) groups excluding carboxylic acids is 2. The molecule has 0 aliphatic carbocycles. The van der Waals surface area contributed by atoms with E-state index in [1.165, 1.54) is 0 Å². The van der Waals surface area contributed by atoms with E-state index in [-0.39, 0.29) is 11.3 Å². The van der Waals surface area contributed by atoms with Gasteiger partial charge in [0.1, 0.15) is 0 Å². The predicted molar refractivity (Wildman–Crippen MR) is 93.1 cm³/mol. The maximum absolute atomic E-state index is 12.6. The summed E-state index contributed by atoms with van der Waals surface area (Å²) in [6.07, 6.45) is -0.411. The fourth-order valence-electron chi connectivity index (χ4n) is 2.94. The quantitative estimate of drug-likeness (QED) is 0.857. The summed E-state index contributed by atoms with van der Waals surface area (Å²) in [5.41, 5.74) is 3.08. The summed E-state index contributed by atoms with van der Waals surface area (Å²) in [6.45, 7) is 6.28. The van der Waals surface area contributed by atoms with Crippen LogP contribution in [0.4, 0.5) is 5.69 Å². The van der Waals surface area contributed by atoms with Gasteiger partial charge in [0.2, 0.25) is 0 Å². The fraction of sp³-hybridized carbons (Fsp3) is 0.300. The van der Waals surface area contributed by atoms with Gasteiger partial charge in [-0.2, -0.15) is 0 Å². The molecule has 4 nitrogen and oxygen atoms in total. The molecule has 3 rings (SSSR count). The first-order valence-corrected chi connectivity index (χ1v) is 8.05. The van der Waals surface area contributed by atoms with Gasteiger partial charge in [0, 0.05) is 12.1 Å². The average molecular weight is 323 g/mol. The summed E-state index contributed by atoms with van der Waals surface area (Å²) in [5.74, 6) is -0.740. The van der Waals surface area contributed by atoms with Crippen LogP contribution >= 0.6 is 0 Å². The van der Waals surface area contributed by atoms with Crippen molar-refractivity contribution in [2.45, 2.75) is 38.7 Å². The van der Waals surface area contributed by atoms with Crippen LogP contribution in [0.25, 0.3) is 0 Å². The van der Waals surface area contributed by atoms with E-state index in [1.54, 1.807) is 12.1 Å². The molecule has 4 heteroatoms. The number of anilines is 1. The molecule has 1 heterocycles. The normalized spacial score (nSPS) is 17.0. The largest absolute Gasteiger partial charge is 0.448 e. The van der Waals surface area contributed by atoms with E-state index >= 15 is 0 Å². The van der Waals surface area contributed by atoms with Gasteiger partial charge in [0.15, 0.2) is 6.10 Å². The molecule has 0 radical (unpaired) electrons. The average Bonchev–Trinajstić information content (AvgIpc) is 2.54. The minimum Gasteiger partial charge on any atom is -0.448 e. The van der Waals surface area contributed by atoms with Crippen LogP contribution in [0.1, 0.15) is 42.3 Å². The molecule has 0 aromatic heterocycles. The number of hydrogen-bond acceptors (Lipinski definition) is 3. The highest BCUT2D eigenvalue weighted by Gasteiger charge is 2.31. The zero-order valence-electron chi connectivity index (χ0n) is 14.1. The van der Waals surface area contributed by atoms with Crippen LogP contribution in [0, 0.1) is 0 Å². The second kappa shape index (κ2) is 6.11. The Labute approximate surface area is 141 Å². The van der Waals surface area contributed by atoms with E-state index in [2.05, 4.69) is 26.1 Å². The molecule has 124 valence electrons. The van der Waals surface area contributed by atoms with Crippen molar-refractivity contribution in [3.05, 3.63) is 65.2 Å². The Morgan fingerprint density at radius 1 is 1.08 bits per heavy atom. The maximum Gasteiger partial charge on any atom is 0.339 e. The van der Waals surface area contributed by atoms with Crippen LogP contribution in [0.5, 0.6) is 0 Å². The van der Waals surface area contributed by atoms with Crippen LogP contribution in [0.15, 0.2) is 48.5 Å². The zero-order valence-corrected chi connectivity index (χ0v) is 14.1. The molecule has 1 atom stereocenters. The molecule has 24 heavy (non-hydrogen) atoms. The van der Waals surface area contributed by atoms with Gasteiger partial charge in [-0.05, 0) is 28.7 Å². The summed E-state index contributed by atoms with van der Waals surface area (Å²) in [4.78, 5) is 24.7. The highest BCUT2D eigenvalue weighted by molar-refractivity contribution is 6.00. The van der Waals surface area contributed by atoms with Gasteiger partial charge < -0.3 is 10.1 Å². The molecule has 0 saturated carbocycles. The molecule has 1 unspecified atom stereocenters. The Morgan fingerprint density at radius 3 is 2.50 bits per heavy atom. The molecule has 2 aromatic rings. The van der Waals surface area contributed by atoms with E-state index in [1.807, 2.05) is 36.4 Å². The zero-order chi connectivity index (χ0) is 17.3. The Kier molecular flexibility index (Phi) is 4.14. The minimum absolute atomic E-state index is 0.0975. The first-order chi connectivity index (χ1) is 11.4. The van der Waals surface area contributed by atoms with Gasteiger partial charge in [-0.15, -0.1) is 0 Å². The number of nitrogens with one attached hydrogen (secondary N) is 1. The monoisotopic (exact) mass is 323 g/mol. The number of cyclic esters (lactones) is 1. The molecule has 0 bridgehead atoms. The number of benzene rings is 2. The standard InChI is InChI=1S/C20H21NO3/c1-20(2,3)15-10-6-7-11-16(15)21-18(22)17-12-13-8-4-5-9-14(13)19(23)24-17/h4-11,17H,12H2,1-3H3,(H,21,22). The second-order valence-electron chi connectivity index (χ2n) is 7.04. The lowest BCUT2D eigenvalue weighted by atomic mass is 9.85. The number of fused-ring (bicyclic) bond motifs is 1. The van der Waals surface area contributed by atoms with Crippen LogP contribution in [0.2, 0.25) is 0 Å². The van der Waals surface area contributed by atoms with E-state index < -0.39 is 12.1 Å². The molecular weight excluding hydrogens is 302 g/mol. The smallest absolute Gasteiger partial charge is 0.339 e. The summed E-state index contributed by atoms with van der Waals surface area (Å²) in [6, 6.07) is 14.9. The number of rotatable bonds is 2. The van der Waals surface area contributed by atoms with Crippen molar-refractivity contribution in [2.75, 3.05) is 5.32 Å². The maximum atomic E-state index is 12.6. The third-order valence-electron chi connectivity index (χ3n) is 4.18. The van der Waals surface area contributed by atoms with Gasteiger partial charge in [-0.1, -0.05) is 57.2 Å². The molecule has 1 amide bonds. The van der Waals surface area contributed by atoms with E-state index in [0.717, 1.165) is 16.8 Å². The van der Waals surface area contributed by atoms with Crippen molar-refractivity contribution in [3.8, 4) is 0 Å². The van der Waals surface area contributed by atoms with Crippen LogP contribution in [-0.2, 0) is 21.4 Å². The Morgan fingerprint density at radius 2 is 1.75 bits per heavy atom. The number of amides is 1. The molecule has 1 N–H and O–H groups in total. The van der Waals surface area contributed by atoms with Crippen molar-refractivity contribution in [2.24, 2.45) is 0 Å². The van der Waals surface area contributed by atoms with Gasteiger partial charge in [-0.25, -0.2) is 4.79 Å². The van der Waals surface area contributed by atoms with Crippen molar-refractivity contribution in [3.63, 3.8) is 0 Å². The van der Waals surface area contributed by atoms with Gasteiger partial charge in [-0.3, -0.25) is 4.79 Å². The Balaban J connectivity index is 1.81. The first kappa shape index (κ1) is 16.2. The summed E-state index contributed by atoms with van der Waals surface area (Å²) < 4.78 is 5.32. The molecule has 0 saturated heterocycles. The highest BCUT2D eigenvalue weighted by Crippen LogP contribution is 2.30. The van der Waals surface area contributed by atoms with Crippen molar-refractivity contribution in [1.82, 2.24) is 0 Å². The Bertz CT molecular complexity index is 789. The van der Waals surface area contributed by atoms with Gasteiger partial charge >= 0.3 is 5.97 Å². The number of ether oxygens (including phenoxy) is 1. The van der Waals surface area contributed by atoms with Crippen molar-refractivity contribution < 1.29 is 14.3 Å².